The van der Waals surface area contributed by atoms with Crippen molar-refractivity contribution in [1.82, 2.24) is 14.8 Å². The van der Waals surface area contributed by atoms with Crippen LogP contribution in [-0.4, -0.2) is 61.1 Å². The van der Waals surface area contributed by atoms with Crippen molar-refractivity contribution in [3.05, 3.63) is 23.5 Å². The van der Waals surface area contributed by atoms with Crippen LogP contribution in [0, 0.1) is 0 Å². The molecule has 1 aromatic rings. The first-order valence-electron chi connectivity index (χ1n) is 5.89. The van der Waals surface area contributed by atoms with Crippen LogP contribution in [0.5, 0.6) is 0 Å². The van der Waals surface area contributed by atoms with Crippen LogP contribution >= 0.6 is 11.6 Å². The zero-order valence-electron chi connectivity index (χ0n) is 10.4. The van der Waals surface area contributed by atoms with Gasteiger partial charge in [0.05, 0.1) is 10.7 Å². The lowest BCUT2D eigenvalue weighted by Crippen LogP contribution is -2.52. The number of rotatable bonds is 3. The average Bonchev–Trinajstić information content (AvgIpc) is 2.32. The molecule has 1 aliphatic rings. The normalized spacial score (nSPS) is 22.6. The lowest BCUT2D eigenvalue weighted by molar-refractivity contribution is 0.122. The first-order valence-corrected chi connectivity index (χ1v) is 6.27. The highest BCUT2D eigenvalue weighted by Gasteiger charge is 2.21. The van der Waals surface area contributed by atoms with E-state index in [1.54, 1.807) is 12.4 Å². The van der Waals surface area contributed by atoms with Gasteiger partial charge in [-0.25, -0.2) is 0 Å². The molecule has 1 N–H and O–H groups in total. The Balaban J connectivity index is 1.91. The quantitative estimate of drug-likeness (QED) is 0.884. The Morgan fingerprint density at radius 3 is 3.06 bits per heavy atom. The molecule has 0 spiro atoms. The molecule has 1 aromatic heterocycles. The molecule has 1 unspecified atom stereocenters. The molecule has 94 valence electrons. The molecule has 1 aliphatic heterocycles. The number of aromatic nitrogens is 1. The van der Waals surface area contributed by atoms with Gasteiger partial charge in [-0.15, -0.1) is 0 Å². The van der Waals surface area contributed by atoms with E-state index in [1.165, 1.54) is 0 Å². The molecule has 0 aliphatic carbocycles. The van der Waals surface area contributed by atoms with Gasteiger partial charge in [0.15, 0.2) is 0 Å². The van der Waals surface area contributed by atoms with E-state index in [0.29, 0.717) is 11.1 Å². The Morgan fingerprint density at radius 2 is 2.29 bits per heavy atom. The van der Waals surface area contributed by atoms with Gasteiger partial charge in [0.2, 0.25) is 0 Å². The molecular weight excluding hydrogens is 236 g/mol. The average molecular weight is 255 g/mol. The van der Waals surface area contributed by atoms with Crippen LogP contribution in [0.2, 0.25) is 5.02 Å². The lowest BCUT2D eigenvalue weighted by Gasteiger charge is -2.37. The van der Waals surface area contributed by atoms with Gasteiger partial charge in [-0.3, -0.25) is 9.88 Å². The summed E-state index contributed by atoms with van der Waals surface area (Å²) in [6, 6.07) is 2.44. The standard InChI is InChI=1S/C12H19ClN4/c1-16-5-6-17(2)10(9-16)7-15-12-3-4-14-8-11(12)13/h3-4,8,10H,5-7,9H2,1-2H3,(H,14,15). The number of pyridine rings is 1. The monoisotopic (exact) mass is 254 g/mol. The fraction of sp³-hybridized carbons (Fsp3) is 0.583. The minimum atomic E-state index is 0.526. The fourth-order valence-electron chi connectivity index (χ4n) is 2.07. The lowest BCUT2D eigenvalue weighted by atomic mass is 10.2. The highest BCUT2D eigenvalue weighted by molar-refractivity contribution is 6.33. The maximum absolute atomic E-state index is 6.06. The molecule has 0 bridgehead atoms. The van der Waals surface area contributed by atoms with E-state index in [0.717, 1.165) is 31.9 Å². The minimum absolute atomic E-state index is 0.526. The van der Waals surface area contributed by atoms with Crippen LogP contribution in [-0.2, 0) is 0 Å². The predicted octanol–water partition coefficient (Wildman–Crippen LogP) is 1.39. The largest absolute Gasteiger partial charge is 0.382 e. The van der Waals surface area contributed by atoms with E-state index in [1.807, 2.05) is 6.07 Å². The van der Waals surface area contributed by atoms with Crippen LogP contribution < -0.4 is 5.32 Å². The summed E-state index contributed by atoms with van der Waals surface area (Å²) in [6.07, 6.45) is 3.42. The molecule has 0 amide bonds. The van der Waals surface area contributed by atoms with Gasteiger partial charge in [-0.05, 0) is 20.2 Å². The highest BCUT2D eigenvalue weighted by atomic mass is 35.5. The molecule has 1 saturated heterocycles. The van der Waals surface area contributed by atoms with Crippen molar-refractivity contribution in [2.45, 2.75) is 6.04 Å². The van der Waals surface area contributed by atoms with Crippen molar-refractivity contribution in [2.24, 2.45) is 0 Å². The third-order valence-electron chi connectivity index (χ3n) is 3.28. The Bertz CT molecular complexity index is 371. The van der Waals surface area contributed by atoms with E-state index >= 15 is 0 Å². The zero-order valence-corrected chi connectivity index (χ0v) is 11.1. The van der Waals surface area contributed by atoms with Crippen LogP contribution in [0.15, 0.2) is 18.5 Å². The minimum Gasteiger partial charge on any atom is -0.382 e. The Labute approximate surface area is 108 Å². The summed E-state index contributed by atoms with van der Waals surface area (Å²) >= 11 is 6.06. The second-order valence-electron chi connectivity index (χ2n) is 4.63. The third-order valence-corrected chi connectivity index (χ3v) is 3.58. The maximum atomic E-state index is 6.06. The molecule has 4 nitrogen and oxygen atoms in total. The topological polar surface area (TPSA) is 31.4 Å². The van der Waals surface area contributed by atoms with Gasteiger partial charge in [-0.1, -0.05) is 11.6 Å². The smallest absolute Gasteiger partial charge is 0.0820 e. The number of hydrogen-bond acceptors (Lipinski definition) is 4. The van der Waals surface area contributed by atoms with Crippen molar-refractivity contribution in [3.63, 3.8) is 0 Å². The van der Waals surface area contributed by atoms with Crippen molar-refractivity contribution in [2.75, 3.05) is 45.6 Å². The fourth-order valence-corrected chi connectivity index (χ4v) is 2.25. The predicted molar refractivity (Wildman–Crippen MR) is 71.7 cm³/mol. The van der Waals surface area contributed by atoms with Crippen molar-refractivity contribution in [3.8, 4) is 0 Å². The van der Waals surface area contributed by atoms with Crippen LogP contribution in [0.1, 0.15) is 0 Å². The van der Waals surface area contributed by atoms with E-state index in [2.05, 4.69) is 34.2 Å². The van der Waals surface area contributed by atoms with Gasteiger partial charge in [0.25, 0.3) is 0 Å². The van der Waals surface area contributed by atoms with Crippen molar-refractivity contribution < 1.29 is 0 Å². The molecule has 0 saturated carbocycles. The zero-order chi connectivity index (χ0) is 12.3. The number of halogens is 1. The molecule has 0 aromatic carbocycles. The summed E-state index contributed by atoms with van der Waals surface area (Å²) < 4.78 is 0. The number of likely N-dealkylation sites (N-methyl/N-ethyl adjacent to an activating group) is 2. The summed E-state index contributed by atoms with van der Waals surface area (Å²) in [5.74, 6) is 0. The SMILES string of the molecule is CN1CCN(C)C(CNc2ccncc2Cl)C1. The first-order chi connectivity index (χ1) is 8.16. The van der Waals surface area contributed by atoms with E-state index in [9.17, 15) is 0 Å². The van der Waals surface area contributed by atoms with Gasteiger partial charge < -0.3 is 10.2 Å². The highest BCUT2D eigenvalue weighted by Crippen LogP contribution is 2.19. The van der Waals surface area contributed by atoms with Gasteiger partial charge in [0, 0.05) is 44.6 Å². The number of hydrogen-bond donors (Lipinski definition) is 1. The Hall–Kier alpha value is -0.840. The molecular formula is C12H19ClN4. The molecule has 1 atom stereocenters. The molecule has 0 radical (unpaired) electrons. The van der Waals surface area contributed by atoms with Gasteiger partial charge in [-0.2, -0.15) is 0 Å². The summed E-state index contributed by atoms with van der Waals surface area (Å²) in [5.41, 5.74) is 0.961. The van der Waals surface area contributed by atoms with Crippen LogP contribution in [0.3, 0.4) is 0 Å². The third kappa shape index (κ3) is 3.31. The molecule has 17 heavy (non-hydrogen) atoms. The Kier molecular flexibility index (Phi) is 4.20. The van der Waals surface area contributed by atoms with E-state index in [-0.39, 0.29) is 0 Å². The second kappa shape index (κ2) is 5.67. The van der Waals surface area contributed by atoms with Gasteiger partial charge >= 0.3 is 0 Å². The number of anilines is 1. The summed E-state index contributed by atoms with van der Waals surface area (Å²) in [5, 5.41) is 4.07. The maximum Gasteiger partial charge on any atom is 0.0820 e. The second-order valence-corrected chi connectivity index (χ2v) is 5.04. The summed E-state index contributed by atoms with van der Waals surface area (Å²) in [4.78, 5) is 8.73. The van der Waals surface area contributed by atoms with Crippen LogP contribution in [0.25, 0.3) is 0 Å². The molecule has 5 heteroatoms. The summed E-state index contributed by atoms with van der Waals surface area (Å²) in [7, 11) is 4.34. The Morgan fingerprint density at radius 1 is 1.47 bits per heavy atom. The molecule has 2 rings (SSSR count). The molecule has 1 fully saturated rings. The number of nitrogens with zero attached hydrogens (tertiary/aromatic N) is 3. The van der Waals surface area contributed by atoms with Crippen LogP contribution in [0.4, 0.5) is 5.69 Å². The van der Waals surface area contributed by atoms with E-state index < -0.39 is 0 Å². The van der Waals surface area contributed by atoms with Crippen molar-refractivity contribution in [1.29, 1.82) is 0 Å². The van der Waals surface area contributed by atoms with E-state index in [4.69, 9.17) is 11.6 Å². The first kappa shape index (κ1) is 12.6. The molecule has 2 heterocycles. The van der Waals surface area contributed by atoms with Gasteiger partial charge in [0.1, 0.15) is 0 Å². The summed E-state index contributed by atoms with van der Waals surface area (Å²) in [6.45, 7) is 4.26. The number of nitrogens with one attached hydrogen (secondary N) is 1. The number of piperazine rings is 1. The van der Waals surface area contributed by atoms with Crippen molar-refractivity contribution >= 4 is 17.3 Å².